The highest BCUT2D eigenvalue weighted by Gasteiger charge is 2.29. The lowest BCUT2D eigenvalue weighted by Crippen LogP contribution is -2.18. The number of ether oxygens (including phenoxy) is 1. The number of rotatable bonds is 4. The number of methoxy groups -OCH3 is 1. The van der Waals surface area contributed by atoms with Crippen LogP contribution in [0.2, 0.25) is 0 Å². The second-order valence-corrected chi connectivity index (χ2v) is 4.64. The predicted molar refractivity (Wildman–Crippen MR) is 75.5 cm³/mol. The van der Waals surface area contributed by atoms with Crippen molar-refractivity contribution in [3.63, 3.8) is 0 Å². The molecule has 0 unspecified atom stereocenters. The van der Waals surface area contributed by atoms with Gasteiger partial charge in [-0.25, -0.2) is 10.2 Å². The highest BCUT2D eigenvalue weighted by Crippen LogP contribution is 2.30. The zero-order valence-corrected chi connectivity index (χ0v) is 11.5. The van der Waals surface area contributed by atoms with E-state index in [1.807, 2.05) is 24.3 Å². The fourth-order valence-electron chi connectivity index (χ4n) is 1.65. The quantitative estimate of drug-likeness (QED) is 0.652. The number of hydrogen-bond acceptors (Lipinski definition) is 4. The summed E-state index contributed by atoms with van der Waals surface area (Å²) in [6, 6.07) is 7.32. The third-order valence-corrected chi connectivity index (χ3v) is 3.00. The Balaban J connectivity index is 2.04. The summed E-state index contributed by atoms with van der Waals surface area (Å²) in [6.45, 7) is 1.76. The average Bonchev–Trinajstić information content (AvgIpc) is 3.29. The fourth-order valence-corrected chi connectivity index (χ4v) is 1.65. The van der Waals surface area contributed by atoms with Crippen LogP contribution in [0.4, 0.5) is 10.5 Å². The Labute approximate surface area is 117 Å². The van der Waals surface area contributed by atoms with E-state index in [-0.39, 0.29) is 11.8 Å². The smallest absolute Gasteiger partial charge is 0.427 e. The van der Waals surface area contributed by atoms with E-state index in [2.05, 4.69) is 20.6 Å². The number of carbonyl (C=O) groups excluding carboxylic acids is 2. The van der Waals surface area contributed by atoms with Crippen LogP contribution in [0.15, 0.2) is 29.4 Å². The van der Waals surface area contributed by atoms with Gasteiger partial charge in [-0.3, -0.25) is 4.79 Å². The molecular formula is C14H17N3O3. The lowest BCUT2D eigenvalue weighted by atomic mass is 10.1. The van der Waals surface area contributed by atoms with Crippen LogP contribution in [0.25, 0.3) is 0 Å². The van der Waals surface area contributed by atoms with Crippen molar-refractivity contribution in [2.45, 2.75) is 19.8 Å². The first-order valence-corrected chi connectivity index (χ1v) is 6.39. The van der Waals surface area contributed by atoms with E-state index < -0.39 is 6.09 Å². The summed E-state index contributed by atoms with van der Waals surface area (Å²) in [7, 11) is 1.27. The summed E-state index contributed by atoms with van der Waals surface area (Å²) in [5.74, 6) is 0.221. The second-order valence-electron chi connectivity index (χ2n) is 4.64. The summed E-state index contributed by atoms with van der Waals surface area (Å²) in [5.41, 5.74) is 4.43. The van der Waals surface area contributed by atoms with Crippen molar-refractivity contribution in [2.75, 3.05) is 12.4 Å². The van der Waals surface area contributed by atoms with Crippen molar-refractivity contribution in [3.05, 3.63) is 29.8 Å². The molecular weight excluding hydrogens is 258 g/mol. The minimum absolute atomic E-state index is 0.0597. The molecule has 0 bridgehead atoms. The van der Waals surface area contributed by atoms with Crippen LogP contribution in [0.1, 0.15) is 25.3 Å². The molecule has 1 aromatic rings. The Bertz CT molecular complexity index is 550. The molecule has 0 atom stereocenters. The molecule has 20 heavy (non-hydrogen) atoms. The Morgan fingerprint density at radius 3 is 2.75 bits per heavy atom. The maximum atomic E-state index is 11.7. The molecule has 0 heterocycles. The number of nitrogens with zero attached hydrogens (tertiary/aromatic N) is 1. The van der Waals surface area contributed by atoms with Crippen LogP contribution in [0.5, 0.6) is 0 Å². The predicted octanol–water partition coefficient (Wildman–Crippen LogP) is 2.12. The standard InChI is InChI=1S/C14H17N3O3/c1-9(16-17-14(19)20-2)11-4-3-5-12(8-11)15-13(18)10-6-7-10/h3-5,8,10H,6-7H2,1-2H3,(H,15,18)(H,17,19)/b16-9+. The molecule has 1 aliphatic rings. The second kappa shape index (κ2) is 6.18. The number of hydrazone groups is 1. The summed E-state index contributed by atoms with van der Waals surface area (Å²) < 4.78 is 4.43. The first-order chi connectivity index (χ1) is 9.60. The number of benzene rings is 1. The number of carbonyl (C=O) groups is 2. The topological polar surface area (TPSA) is 79.8 Å². The lowest BCUT2D eigenvalue weighted by Gasteiger charge is -2.07. The Hall–Kier alpha value is -2.37. The Morgan fingerprint density at radius 2 is 2.10 bits per heavy atom. The zero-order valence-electron chi connectivity index (χ0n) is 11.5. The van der Waals surface area contributed by atoms with Crippen molar-refractivity contribution in [2.24, 2.45) is 11.0 Å². The SMILES string of the molecule is COC(=O)N/N=C(\C)c1cccc(NC(=O)C2CC2)c1. The van der Waals surface area contributed by atoms with E-state index >= 15 is 0 Å². The molecule has 0 aromatic heterocycles. The van der Waals surface area contributed by atoms with Gasteiger partial charge >= 0.3 is 6.09 Å². The van der Waals surface area contributed by atoms with Crippen molar-refractivity contribution < 1.29 is 14.3 Å². The normalized spacial score (nSPS) is 14.6. The van der Waals surface area contributed by atoms with E-state index in [1.165, 1.54) is 7.11 Å². The highest BCUT2D eigenvalue weighted by molar-refractivity contribution is 6.01. The van der Waals surface area contributed by atoms with Crippen LogP contribution in [-0.4, -0.2) is 24.8 Å². The lowest BCUT2D eigenvalue weighted by molar-refractivity contribution is -0.117. The molecule has 1 fully saturated rings. The molecule has 6 heteroatoms. The zero-order chi connectivity index (χ0) is 14.5. The molecule has 0 saturated heterocycles. The van der Waals surface area contributed by atoms with Gasteiger partial charge in [-0.1, -0.05) is 12.1 Å². The van der Waals surface area contributed by atoms with Crippen molar-refractivity contribution in [1.29, 1.82) is 0 Å². The van der Waals surface area contributed by atoms with Crippen LogP contribution in [0.3, 0.4) is 0 Å². The first-order valence-electron chi connectivity index (χ1n) is 6.39. The van der Waals surface area contributed by atoms with Gasteiger partial charge in [-0.15, -0.1) is 0 Å². The number of nitrogens with one attached hydrogen (secondary N) is 2. The van der Waals surface area contributed by atoms with E-state index in [4.69, 9.17) is 0 Å². The molecule has 2 rings (SSSR count). The van der Waals surface area contributed by atoms with Gasteiger partial charge in [0.15, 0.2) is 0 Å². The molecule has 1 aromatic carbocycles. The van der Waals surface area contributed by atoms with Crippen LogP contribution in [0, 0.1) is 5.92 Å². The van der Waals surface area contributed by atoms with E-state index in [0.29, 0.717) is 5.71 Å². The maximum Gasteiger partial charge on any atom is 0.427 e. The number of anilines is 1. The molecule has 0 spiro atoms. The van der Waals surface area contributed by atoms with Gasteiger partial charge in [0.2, 0.25) is 5.91 Å². The number of hydrogen-bond donors (Lipinski definition) is 2. The van der Waals surface area contributed by atoms with Crippen molar-refractivity contribution in [3.8, 4) is 0 Å². The van der Waals surface area contributed by atoms with Gasteiger partial charge in [0.05, 0.1) is 12.8 Å². The van der Waals surface area contributed by atoms with Gasteiger partial charge < -0.3 is 10.1 Å². The van der Waals surface area contributed by atoms with Gasteiger partial charge in [0.1, 0.15) is 0 Å². The molecule has 1 saturated carbocycles. The van der Waals surface area contributed by atoms with E-state index in [1.54, 1.807) is 6.92 Å². The molecule has 2 N–H and O–H groups in total. The van der Waals surface area contributed by atoms with E-state index in [9.17, 15) is 9.59 Å². The summed E-state index contributed by atoms with van der Waals surface area (Å²) in [5, 5.41) is 6.78. The third kappa shape index (κ3) is 3.81. The van der Waals surface area contributed by atoms with Crippen LogP contribution >= 0.6 is 0 Å². The monoisotopic (exact) mass is 275 g/mol. The third-order valence-electron chi connectivity index (χ3n) is 3.00. The number of amides is 2. The Morgan fingerprint density at radius 1 is 1.35 bits per heavy atom. The van der Waals surface area contributed by atoms with Gasteiger partial charge in [-0.2, -0.15) is 5.10 Å². The van der Waals surface area contributed by atoms with Gasteiger partial charge in [0.25, 0.3) is 0 Å². The average molecular weight is 275 g/mol. The molecule has 0 radical (unpaired) electrons. The molecule has 106 valence electrons. The van der Waals surface area contributed by atoms with Crippen LogP contribution < -0.4 is 10.7 Å². The Kier molecular flexibility index (Phi) is 4.34. The van der Waals surface area contributed by atoms with Gasteiger partial charge in [0, 0.05) is 11.6 Å². The molecule has 0 aliphatic heterocycles. The highest BCUT2D eigenvalue weighted by atomic mass is 16.5. The fraction of sp³-hybridized carbons (Fsp3) is 0.357. The maximum absolute atomic E-state index is 11.7. The summed E-state index contributed by atoms with van der Waals surface area (Å²) in [6.07, 6.45) is 1.31. The molecule has 6 nitrogen and oxygen atoms in total. The molecule has 2 amide bonds. The van der Waals surface area contributed by atoms with Crippen molar-refractivity contribution in [1.82, 2.24) is 5.43 Å². The van der Waals surface area contributed by atoms with Crippen molar-refractivity contribution >= 4 is 23.4 Å². The molecule has 1 aliphatic carbocycles. The largest absolute Gasteiger partial charge is 0.452 e. The van der Waals surface area contributed by atoms with Crippen LogP contribution in [-0.2, 0) is 9.53 Å². The van der Waals surface area contributed by atoms with E-state index in [0.717, 1.165) is 24.1 Å². The minimum atomic E-state index is -0.623. The minimum Gasteiger partial charge on any atom is -0.452 e. The summed E-state index contributed by atoms with van der Waals surface area (Å²) in [4.78, 5) is 22.6. The summed E-state index contributed by atoms with van der Waals surface area (Å²) >= 11 is 0. The first kappa shape index (κ1) is 14.0. The van der Waals surface area contributed by atoms with Gasteiger partial charge in [-0.05, 0) is 37.5 Å².